The number of nitrogens with one attached hydrogen (secondary N) is 4. The zero-order valence-electron chi connectivity index (χ0n) is 31.7. The van der Waals surface area contributed by atoms with Gasteiger partial charge in [-0.25, -0.2) is 19.6 Å². The van der Waals surface area contributed by atoms with E-state index in [0.29, 0.717) is 13.1 Å². The van der Waals surface area contributed by atoms with Crippen LogP contribution in [0, 0.1) is 11.8 Å². The van der Waals surface area contributed by atoms with Crippen LogP contribution in [0.2, 0.25) is 0 Å². The van der Waals surface area contributed by atoms with Gasteiger partial charge in [-0.2, -0.15) is 0 Å². The van der Waals surface area contributed by atoms with E-state index in [-0.39, 0.29) is 35.7 Å². The Morgan fingerprint density at radius 3 is 1.31 bits per heavy atom. The molecule has 0 radical (unpaired) electrons. The van der Waals surface area contributed by atoms with Gasteiger partial charge in [-0.1, -0.05) is 76.2 Å². The number of aromatic nitrogens is 4. The van der Waals surface area contributed by atoms with Gasteiger partial charge in [-0.3, -0.25) is 9.59 Å². The van der Waals surface area contributed by atoms with Gasteiger partial charge in [0.2, 0.25) is 11.8 Å². The lowest BCUT2D eigenvalue weighted by Crippen LogP contribution is -2.51. The van der Waals surface area contributed by atoms with Crippen molar-refractivity contribution in [1.29, 1.82) is 0 Å². The van der Waals surface area contributed by atoms with Gasteiger partial charge in [0.1, 0.15) is 23.7 Å². The number of methoxy groups -OCH3 is 2. The second-order valence-electron chi connectivity index (χ2n) is 14.6. The topological polar surface area (TPSA) is 175 Å². The number of carbonyl (C=O) groups is 4. The third kappa shape index (κ3) is 8.12. The molecule has 2 aromatic heterocycles. The van der Waals surface area contributed by atoms with E-state index in [9.17, 15) is 19.2 Å². The van der Waals surface area contributed by atoms with Gasteiger partial charge in [0, 0.05) is 13.1 Å². The molecule has 6 rings (SSSR count). The number of rotatable bonds is 11. The normalized spacial score (nSPS) is 18.1. The fourth-order valence-corrected chi connectivity index (χ4v) is 7.38. The second-order valence-corrected chi connectivity index (χ2v) is 14.6. The van der Waals surface area contributed by atoms with Crippen LogP contribution in [-0.4, -0.2) is 93.1 Å². The predicted octanol–water partition coefficient (Wildman–Crippen LogP) is 6.22. The summed E-state index contributed by atoms with van der Waals surface area (Å²) in [5, 5.41) is 5.38. The zero-order valence-corrected chi connectivity index (χ0v) is 31.7. The van der Waals surface area contributed by atoms with Crippen molar-refractivity contribution in [2.75, 3.05) is 27.3 Å². The molecule has 0 unspecified atom stereocenters. The first-order valence-corrected chi connectivity index (χ1v) is 18.6. The number of hydrogen-bond acceptors (Lipinski definition) is 8. The summed E-state index contributed by atoms with van der Waals surface area (Å²) in [6.45, 7) is 8.78. The average molecular weight is 739 g/mol. The Bertz CT molecular complexity index is 1800. The van der Waals surface area contributed by atoms with Crippen molar-refractivity contribution in [3.63, 3.8) is 0 Å². The van der Waals surface area contributed by atoms with Gasteiger partial charge in [0.05, 0.1) is 50.1 Å². The summed E-state index contributed by atoms with van der Waals surface area (Å²) >= 11 is 0. The molecule has 0 aliphatic carbocycles. The molecule has 0 saturated carbocycles. The Labute approximate surface area is 315 Å². The van der Waals surface area contributed by atoms with Crippen molar-refractivity contribution in [3.8, 4) is 33.6 Å². The fourth-order valence-electron chi connectivity index (χ4n) is 7.38. The van der Waals surface area contributed by atoms with E-state index in [0.717, 1.165) is 71.0 Å². The summed E-state index contributed by atoms with van der Waals surface area (Å²) in [4.78, 5) is 70.7. The summed E-state index contributed by atoms with van der Waals surface area (Å²) < 4.78 is 9.50. The fraction of sp³-hybridized carbons (Fsp3) is 0.450. The zero-order chi connectivity index (χ0) is 38.5. The number of nitrogens with zero attached hydrogens (tertiary/aromatic N) is 4. The van der Waals surface area contributed by atoms with Gasteiger partial charge in [-0.05, 0) is 59.8 Å². The molecule has 54 heavy (non-hydrogen) atoms. The van der Waals surface area contributed by atoms with Crippen molar-refractivity contribution in [1.82, 2.24) is 40.4 Å². The number of amides is 4. The van der Waals surface area contributed by atoms with Crippen molar-refractivity contribution < 1.29 is 28.7 Å². The highest BCUT2D eigenvalue weighted by Gasteiger charge is 2.39. The molecule has 14 heteroatoms. The molecule has 2 aromatic carbocycles. The summed E-state index contributed by atoms with van der Waals surface area (Å²) in [6.07, 6.45) is 5.61. The minimum Gasteiger partial charge on any atom is -0.453 e. The molecule has 2 aliphatic heterocycles. The van der Waals surface area contributed by atoms with Crippen LogP contribution >= 0.6 is 0 Å². The highest BCUT2D eigenvalue weighted by molar-refractivity contribution is 5.87. The molecule has 14 nitrogen and oxygen atoms in total. The molecular weight excluding hydrogens is 688 g/mol. The molecule has 4 heterocycles. The standard InChI is InChI=1S/C40H50N8O6/c1-23(2)33(45-39(51)53-5)37(49)47-19-7-9-31(47)35-41-21-29(43-35)27-15-11-25(12-16-27)26-13-17-28(18-14-26)30-22-42-36(44-30)32-10-8-20-48(32)38(50)34(24(3)4)46-40(52)54-6/h11-18,21-24,31-34H,7-10,19-20H2,1-6H3,(H,41,43)(H,42,44)(H,45,51)(H,46,52)/t31-,32+,33-,34+. The van der Waals surface area contributed by atoms with Crippen molar-refractivity contribution in [2.45, 2.75) is 77.5 Å². The van der Waals surface area contributed by atoms with E-state index in [1.165, 1.54) is 14.2 Å². The predicted molar refractivity (Wildman–Crippen MR) is 203 cm³/mol. The first-order valence-electron chi connectivity index (χ1n) is 18.6. The molecule has 0 bridgehead atoms. The maximum absolute atomic E-state index is 13.5. The lowest BCUT2D eigenvalue weighted by atomic mass is 10.0. The molecule has 4 aromatic rings. The van der Waals surface area contributed by atoms with Crippen molar-refractivity contribution >= 4 is 24.0 Å². The first-order chi connectivity index (χ1) is 26.0. The van der Waals surface area contributed by atoms with E-state index in [2.05, 4.69) is 54.8 Å². The number of ether oxygens (including phenoxy) is 2. The molecule has 2 aliphatic rings. The number of aromatic amines is 2. The number of carbonyl (C=O) groups excluding carboxylic acids is 4. The Kier molecular flexibility index (Phi) is 11.7. The smallest absolute Gasteiger partial charge is 0.407 e. The largest absolute Gasteiger partial charge is 0.453 e. The summed E-state index contributed by atoms with van der Waals surface area (Å²) in [6, 6.07) is 14.7. The number of alkyl carbamates (subject to hydrolysis) is 2. The van der Waals surface area contributed by atoms with E-state index in [1.54, 1.807) is 22.2 Å². The van der Waals surface area contributed by atoms with Gasteiger partial charge in [-0.15, -0.1) is 0 Å². The number of hydrogen-bond donors (Lipinski definition) is 4. The van der Waals surface area contributed by atoms with E-state index in [4.69, 9.17) is 9.47 Å². The Morgan fingerprint density at radius 2 is 0.981 bits per heavy atom. The molecule has 4 N–H and O–H groups in total. The Balaban J connectivity index is 1.11. The molecule has 2 fully saturated rings. The minimum atomic E-state index is -0.687. The number of H-pyrrole nitrogens is 2. The lowest BCUT2D eigenvalue weighted by molar-refractivity contribution is -0.136. The summed E-state index contributed by atoms with van der Waals surface area (Å²) in [5.74, 6) is 0.955. The monoisotopic (exact) mass is 738 g/mol. The average Bonchev–Trinajstić information content (AvgIpc) is 4.02. The van der Waals surface area contributed by atoms with Crippen LogP contribution in [-0.2, 0) is 19.1 Å². The van der Waals surface area contributed by atoms with Gasteiger partial charge < -0.3 is 39.9 Å². The van der Waals surface area contributed by atoms with Crippen LogP contribution in [0.3, 0.4) is 0 Å². The molecular formula is C40H50N8O6. The minimum absolute atomic E-state index is 0.104. The Hall–Kier alpha value is -5.66. The number of likely N-dealkylation sites (tertiary alicyclic amines) is 2. The van der Waals surface area contributed by atoms with Gasteiger partial charge >= 0.3 is 12.2 Å². The van der Waals surface area contributed by atoms with Crippen LogP contribution in [0.15, 0.2) is 60.9 Å². The highest BCUT2D eigenvalue weighted by atomic mass is 16.5. The van der Waals surface area contributed by atoms with Crippen LogP contribution in [0.25, 0.3) is 33.6 Å². The second kappa shape index (κ2) is 16.6. The van der Waals surface area contributed by atoms with Crippen LogP contribution < -0.4 is 10.6 Å². The SMILES string of the molecule is COC(=O)N[C@H](C(=O)N1CCC[C@H]1c1ncc(-c2ccc(-c3ccc(-c4cnc([C@H]5CCCN5C(=O)[C@H](NC(=O)OC)C(C)C)[nH]4)cc3)cc2)[nH]1)C(C)C. The molecule has 4 amide bonds. The third-order valence-corrected chi connectivity index (χ3v) is 10.4. The van der Waals surface area contributed by atoms with Gasteiger partial charge in [0.25, 0.3) is 0 Å². The van der Waals surface area contributed by atoms with E-state index < -0.39 is 24.3 Å². The molecule has 2 saturated heterocycles. The van der Waals surface area contributed by atoms with Crippen LogP contribution in [0.5, 0.6) is 0 Å². The van der Waals surface area contributed by atoms with Crippen molar-refractivity contribution in [3.05, 3.63) is 72.6 Å². The molecule has 0 spiro atoms. The Morgan fingerprint density at radius 1 is 0.630 bits per heavy atom. The summed E-state index contributed by atoms with van der Waals surface area (Å²) in [5.41, 5.74) is 5.78. The maximum Gasteiger partial charge on any atom is 0.407 e. The van der Waals surface area contributed by atoms with Crippen LogP contribution in [0.1, 0.15) is 77.1 Å². The molecule has 4 atom stereocenters. The third-order valence-electron chi connectivity index (χ3n) is 10.4. The number of imidazole rings is 2. The first kappa shape index (κ1) is 38.1. The summed E-state index contributed by atoms with van der Waals surface area (Å²) in [7, 11) is 2.58. The van der Waals surface area contributed by atoms with Gasteiger partial charge in [0.15, 0.2) is 0 Å². The van der Waals surface area contributed by atoms with E-state index >= 15 is 0 Å². The van der Waals surface area contributed by atoms with Crippen LogP contribution in [0.4, 0.5) is 9.59 Å². The quantitative estimate of drug-likeness (QED) is 0.140. The lowest BCUT2D eigenvalue weighted by Gasteiger charge is -2.30. The van der Waals surface area contributed by atoms with Crippen molar-refractivity contribution in [2.24, 2.45) is 11.8 Å². The maximum atomic E-state index is 13.5. The highest BCUT2D eigenvalue weighted by Crippen LogP contribution is 2.35. The van der Waals surface area contributed by atoms with E-state index in [1.807, 2.05) is 52.0 Å². The number of benzene rings is 2. The molecule has 286 valence electrons.